The van der Waals surface area contributed by atoms with Crippen molar-refractivity contribution < 1.29 is 32.6 Å². The van der Waals surface area contributed by atoms with E-state index in [1.807, 2.05) is 6.07 Å². The number of aliphatic hydroxyl groups excluding tert-OH is 1. The minimum atomic E-state index is -4.60. The van der Waals surface area contributed by atoms with Gasteiger partial charge in [0.05, 0.1) is 12.3 Å². The van der Waals surface area contributed by atoms with Crippen LogP contribution in [0.4, 0.5) is 18.0 Å². The molecule has 1 aliphatic heterocycles. The molecule has 2 N–H and O–H groups in total. The van der Waals surface area contributed by atoms with E-state index in [-0.39, 0.29) is 30.4 Å². The Kier molecular flexibility index (Phi) is 6.92. The number of aliphatic hydroxyl groups is 1. The predicted octanol–water partition coefficient (Wildman–Crippen LogP) is 2.66. The molecule has 0 bridgehead atoms. The van der Waals surface area contributed by atoms with Crippen LogP contribution in [0.3, 0.4) is 0 Å². The maximum atomic E-state index is 13.4. The molecule has 12 heteroatoms. The van der Waals surface area contributed by atoms with Gasteiger partial charge in [-0.15, -0.1) is 0 Å². The highest BCUT2D eigenvalue weighted by atomic mass is 19.4. The van der Waals surface area contributed by atoms with Gasteiger partial charge in [0.15, 0.2) is 5.65 Å². The second-order valence-corrected chi connectivity index (χ2v) is 8.33. The van der Waals surface area contributed by atoms with Gasteiger partial charge in [-0.25, -0.2) is 14.3 Å². The third kappa shape index (κ3) is 5.53. The van der Waals surface area contributed by atoms with Crippen molar-refractivity contribution in [1.29, 1.82) is 0 Å². The molecule has 9 nitrogen and oxygen atoms in total. The molecule has 2 atom stereocenters. The number of hydrogen-bond acceptors (Lipinski definition) is 6. The molecule has 0 aliphatic carbocycles. The lowest BCUT2D eigenvalue weighted by atomic mass is 10.1. The number of amides is 2. The number of rotatable bonds is 6. The van der Waals surface area contributed by atoms with Crippen LogP contribution >= 0.6 is 0 Å². The molecule has 1 fully saturated rings. The number of nitrogens with one attached hydrogen (secondary N) is 1. The number of fused-ring (bicyclic) bond motifs is 1. The van der Waals surface area contributed by atoms with E-state index in [9.17, 15) is 27.9 Å². The van der Waals surface area contributed by atoms with E-state index in [4.69, 9.17) is 4.74 Å². The Morgan fingerprint density at radius 2 is 2.00 bits per heavy atom. The third-order valence-electron chi connectivity index (χ3n) is 5.77. The van der Waals surface area contributed by atoms with Crippen molar-refractivity contribution in [3.8, 4) is 0 Å². The zero-order chi connectivity index (χ0) is 25.2. The number of benzene rings is 1. The summed E-state index contributed by atoms with van der Waals surface area (Å²) in [5.74, 6) is -0.827. The number of nitrogens with zero attached hydrogens (tertiary/aromatic N) is 4. The summed E-state index contributed by atoms with van der Waals surface area (Å²) in [4.78, 5) is 30.6. The molecule has 1 saturated heterocycles. The fourth-order valence-corrected chi connectivity index (χ4v) is 4.03. The van der Waals surface area contributed by atoms with E-state index in [2.05, 4.69) is 15.4 Å². The van der Waals surface area contributed by atoms with E-state index < -0.39 is 36.5 Å². The summed E-state index contributed by atoms with van der Waals surface area (Å²) in [5, 5.41) is 16.1. The molecule has 3 aromatic rings. The SMILES string of the molecule is Cc1cc(C(F)(F)F)n2nc([C@H]3CCN(C(=O)[C@H](CO)NC(=O)OCc4ccccc4)C3)cc2n1. The number of carbonyl (C=O) groups is 2. The molecular weight excluding hydrogens is 467 g/mol. The summed E-state index contributed by atoms with van der Waals surface area (Å²) in [6.07, 6.45) is -4.98. The van der Waals surface area contributed by atoms with Crippen LogP contribution in [0.25, 0.3) is 5.65 Å². The molecular formula is C23H24F3N5O4. The molecule has 0 saturated carbocycles. The number of ether oxygens (including phenoxy) is 1. The molecule has 2 amide bonds. The molecule has 0 unspecified atom stereocenters. The van der Waals surface area contributed by atoms with Crippen molar-refractivity contribution in [2.24, 2.45) is 0 Å². The van der Waals surface area contributed by atoms with Gasteiger partial charge in [0.25, 0.3) is 0 Å². The standard InChI is InChI=1S/C23H24F3N5O4/c1-14-9-19(23(24,25)26)31-20(27-14)10-17(29-31)16-7-8-30(11-16)21(33)18(12-32)28-22(34)35-13-15-5-3-2-4-6-15/h2-6,9-10,16,18,32H,7-8,11-13H2,1H3,(H,28,34)/t16-,18-/m0/s1. The van der Waals surface area contributed by atoms with Crippen LogP contribution in [0.2, 0.25) is 0 Å². The number of halogens is 3. The van der Waals surface area contributed by atoms with Crippen LogP contribution in [0, 0.1) is 6.92 Å². The number of aryl methyl sites for hydroxylation is 1. The molecule has 0 spiro atoms. The van der Waals surface area contributed by atoms with Gasteiger partial charge >= 0.3 is 12.3 Å². The number of alkyl carbamates (subject to hydrolysis) is 1. The maximum absolute atomic E-state index is 13.4. The lowest BCUT2D eigenvalue weighted by Crippen LogP contribution is -2.50. The topological polar surface area (TPSA) is 109 Å². The molecule has 1 aliphatic rings. The average molecular weight is 491 g/mol. The second kappa shape index (κ2) is 9.90. The largest absolute Gasteiger partial charge is 0.445 e. The van der Waals surface area contributed by atoms with E-state index >= 15 is 0 Å². The lowest BCUT2D eigenvalue weighted by Gasteiger charge is -2.22. The summed E-state index contributed by atoms with van der Waals surface area (Å²) in [5.41, 5.74) is 0.529. The van der Waals surface area contributed by atoms with Gasteiger partial charge < -0.3 is 20.1 Å². The minimum absolute atomic E-state index is 0.00606. The van der Waals surface area contributed by atoms with Crippen molar-refractivity contribution in [1.82, 2.24) is 24.8 Å². The van der Waals surface area contributed by atoms with Crippen molar-refractivity contribution in [3.63, 3.8) is 0 Å². The van der Waals surface area contributed by atoms with E-state index in [0.29, 0.717) is 18.7 Å². The third-order valence-corrected chi connectivity index (χ3v) is 5.77. The summed E-state index contributed by atoms with van der Waals surface area (Å²) < 4.78 is 46.2. The average Bonchev–Trinajstić information content (AvgIpc) is 3.47. The van der Waals surface area contributed by atoms with Crippen LogP contribution in [-0.2, 0) is 22.3 Å². The zero-order valence-corrected chi connectivity index (χ0v) is 18.8. The number of alkyl halides is 3. The van der Waals surface area contributed by atoms with Crippen molar-refractivity contribution in [2.75, 3.05) is 19.7 Å². The number of hydrogen-bond donors (Lipinski definition) is 2. The monoisotopic (exact) mass is 491 g/mol. The molecule has 1 aromatic carbocycles. The summed E-state index contributed by atoms with van der Waals surface area (Å²) in [7, 11) is 0. The summed E-state index contributed by atoms with van der Waals surface area (Å²) in [6, 6.07) is 10.2. The summed E-state index contributed by atoms with van der Waals surface area (Å²) >= 11 is 0. The number of likely N-dealkylation sites (tertiary alicyclic amines) is 1. The first kappa shape index (κ1) is 24.5. The van der Waals surface area contributed by atoms with Gasteiger partial charge in [0.2, 0.25) is 5.91 Å². The van der Waals surface area contributed by atoms with Gasteiger partial charge in [0, 0.05) is 30.8 Å². The van der Waals surface area contributed by atoms with Gasteiger partial charge in [-0.3, -0.25) is 4.79 Å². The van der Waals surface area contributed by atoms with Crippen LogP contribution in [0.5, 0.6) is 0 Å². The Morgan fingerprint density at radius 1 is 1.26 bits per heavy atom. The molecule has 0 radical (unpaired) electrons. The smallest absolute Gasteiger partial charge is 0.433 e. The number of aromatic nitrogens is 3. The molecule has 4 rings (SSSR count). The quantitative estimate of drug-likeness (QED) is 0.549. The molecule has 3 heterocycles. The van der Waals surface area contributed by atoms with Crippen LogP contribution in [0.15, 0.2) is 42.5 Å². The van der Waals surface area contributed by atoms with Crippen LogP contribution < -0.4 is 5.32 Å². The molecule has 186 valence electrons. The van der Waals surface area contributed by atoms with Gasteiger partial charge in [0.1, 0.15) is 18.3 Å². The Bertz CT molecular complexity index is 1220. The second-order valence-electron chi connectivity index (χ2n) is 8.33. The van der Waals surface area contributed by atoms with Crippen molar-refractivity contribution >= 4 is 17.6 Å². The van der Waals surface area contributed by atoms with Crippen LogP contribution in [-0.4, -0.2) is 62.3 Å². The van der Waals surface area contributed by atoms with E-state index in [0.717, 1.165) is 16.1 Å². The highest BCUT2D eigenvalue weighted by molar-refractivity contribution is 5.86. The summed E-state index contributed by atoms with van der Waals surface area (Å²) in [6.45, 7) is 1.33. The Morgan fingerprint density at radius 3 is 2.69 bits per heavy atom. The normalized spacial score (nSPS) is 16.9. The first-order chi connectivity index (χ1) is 16.7. The fraction of sp³-hybridized carbons (Fsp3) is 0.391. The van der Waals surface area contributed by atoms with Gasteiger partial charge in [-0.05, 0) is 25.0 Å². The molecule has 2 aromatic heterocycles. The molecule has 35 heavy (non-hydrogen) atoms. The Balaban J connectivity index is 1.40. The van der Waals surface area contributed by atoms with Gasteiger partial charge in [-0.2, -0.15) is 18.3 Å². The highest BCUT2D eigenvalue weighted by Crippen LogP contribution is 2.32. The fourth-order valence-electron chi connectivity index (χ4n) is 4.03. The Hall–Kier alpha value is -3.67. The zero-order valence-electron chi connectivity index (χ0n) is 18.8. The van der Waals surface area contributed by atoms with Gasteiger partial charge in [-0.1, -0.05) is 30.3 Å². The van der Waals surface area contributed by atoms with Crippen LogP contribution in [0.1, 0.15) is 35.0 Å². The first-order valence-corrected chi connectivity index (χ1v) is 11.0. The predicted molar refractivity (Wildman–Crippen MR) is 117 cm³/mol. The Labute approximate surface area is 198 Å². The minimum Gasteiger partial charge on any atom is -0.445 e. The van der Waals surface area contributed by atoms with Crippen molar-refractivity contribution in [2.45, 2.75) is 38.1 Å². The lowest BCUT2D eigenvalue weighted by molar-refractivity contribution is -0.142. The highest BCUT2D eigenvalue weighted by Gasteiger charge is 2.37. The van der Waals surface area contributed by atoms with Crippen molar-refractivity contribution in [3.05, 3.63) is 65.1 Å². The first-order valence-electron chi connectivity index (χ1n) is 11.0. The number of carbonyl (C=O) groups excluding carboxylic acids is 2. The maximum Gasteiger partial charge on any atom is 0.433 e. The van der Waals surface area contributed by atoms with E-state index in [1.54, 1.807) is 24.3 Å². The van der Waals surface area contributed by atoms with E-state index in [1.165, 1.54) is 17.9 Å².